The topological polar surface area (TPSA) is 29.5 Å². The molecule has 2 saturated heterocycles. The van der Waals surface area contributed by atoms with E-state index in [9.17, 15) is 4.79 Å². The van der Waals surface area contributed by atoms with Gasteiger partial charge in [0, 0.05) is 18.6 Å². The molecule has 1 saturated carbocycles. The molecule has 2 bridgehead atoms. The summed E-state index contributed by atoms with van der Waals surface area (Å²) in [6.45, 7) is 2.08. The normalized spacial score (nSPS) is 29.9. The van der Waals surface area contributed by atoms with Crippen LogP contribution in [0.5, 0.6) is 0 Å². The van der Waals surface area contributed by atoms with E-state index in [2.05, 4.69) is 29.2 Å². The zero-order valence-corrected chi connectivity index (χ0v) is 10.8. The molecular weight excluding hydrogens is 226 g/mol. The number of methoxy groups -OCH3 is 1. The van der Waals surface area contributed by atoms with Crippen molar-refractivity contribution in [1.29, 1.82) is 0 Å². The third-order valence-electron chi connectivity index (χ3n) is 4.40. The molecule has 3 heteroatoms. The predicted octanol–water partition coefficient (Wildman–Crippen LogP) is 2.21. The fourth-order valence-corrected chi connectivity index (χ4v) is 3.54. The number of fused-ring (bicyclic) bond motifs is 1. The van der Waals surface area contributed by atoms with E-state index >= 15 is 0 Å². The Hall–Kier alpha value is -1.35. The summed E-state index contributed by atoms with van der Waals surface area (Å²) in [7, 11) is 1.48. The van der Waals surface area contributed by atoms with Gasteiger partial charge in [-0.1, -0.05) is 30.3 Å². The number of carbonyl (C=O) groups excluding carboxylic acids is 1. The highest BCUT2D eigenvalue weighted by atomic mass is 16.5. The van der Waals surface area contributed by atoms with Crippen LogP contribution in [0.4, 0.5) is 0 Å². The van der Waals surface area contributed by atoms with Gasteiger partial charge in [0.25, 0.3) is 0 Å². The molecule has 0 amide bonds. The lowest BCUT2D eigenvalue weighted by molar-refractivity contribution is -0.144. The van der Waals surface area contributed by atoms with Gasteiger partial charge >= 0.3 is 5.97 Å². The number of hydrogen-bond donors (Lipinski definition) is 0. The van der Waals surface area contributed by atoms with Crippen molar-refractivity contribution < 1.29 is 9.53 Å². The third kappa shape index (κ3) is 1.93. The molecular formula is C15H19NO2. The molecule has 1 aliphatic carbocycles. The number of carbonyl (C=O) groups is 1. The quantitative estimate of drug-likeness (QED) is 0.762. The molecule has 0 atom stereocenters. The number of benzene rings is 1. The van der Waals surface area contributed by atoms with Gasteiger partial charge < -0.3 is 4.74 Å². The standard InChI is InChI=1S/C15H19NO2/c1-18-14(17)9-15-7-13(8-15)11-16(15)10-12-5-3-2-4-6-12/h2-6,13H,7-11H2,1H3. The van der Waals surface area contributed by atoms with Crippen LogP contribution >= 0.6 is 0 Å². The predicted molar refractivity (Wildman–Crippen MR) is 68.9 cm³/mol. The zero-order chi connectivity index (χ0) is 12.6. The fraction of sp³-hybridized carbons (Fsp3) is 0.533. The highest BCUT2D eigenvalue weighted by Crippen LogP contribution is 2.53. The van der Waals surface area contributed by atoms with E-state index in [0.29, 0.717) is 6.42 Å². The lowest BCUT2D eigenvalue weighted by Crippen LogP contribution is -2.47. The van der Waals surface area contributed by atoms with Gasteiger partial charge in [-0.25, -0.2) is 0 Å². The monoisotopic (exact) mass is 245 g/mol. The Morgan fingerprint density at radius 1 is 1.39 bits per heavy atom. The van der Waals surface area contributed by atoms with Crippen LogP contribution in [0.3, 0.4) is 0 Å². The molecule has 3 aliphatic rings. The minimum absolute atomic E-state index is 0.0755. The molecule has 2 heterocycles. The van der Waals surface area contributed by atoms with Gasteiger partial charge in [0.15, 0.2) is 0 Å². The Labute approximate surface area is 108 Å². The van der Waals surface area contributed by atoms with Crippen molar-refractivity contribution in [3.63, 3.8) is 0 Å². The first-order chi connectivity index (χ1) is 8.72. The minimum Gasteiger partial charge on any atom is -0.469 e. The summed E-state index contributed by atoms with van der Waals surface area (Å²) in [5.74, 6) is 0.715. The van der Waals surface area contributed by atoms with Crippen LogP contribution in [0.15, 0.2) is 30.3 Å². The lowest BCUT2D eigenvalue weighted by atomic mass is 9.71. The Bertz CT molecular complexity index is 437. The number of hydrogen-bond acceptors (Lipinski definition) is 3. The van der Waals surface area contributed by atoms with Gasteiger partial charge in [0.2, 0.25) is 0 Å². The molecule has 2 aliphatic heterocycles. The first-order valence-electron chi connectivity index (χ1n) is 6.58. The molecule has 0 spiro atoms. The summed E-state index contributed by atoms with van der Waals surface area (Å²) in [4.78, 5) is 14.0. The zero-order valence-electron chi connectivity index (χ0n) is 10.8. The van der Waals surface area contributed by atoms with Crippen molar-refractivity contribution in [1.82, 2.24) is 4.90 Å². The Balaban J connectivity index is 1.71. The number of ether oxygens (including phenoxy) is 1. The van der Waals surface area contributed by atoms with Gasteiger partial charge in [-0.2, -0.15) is 0 Å². The molecule has 0 radical (unpaired) electrons. The van der Waals surface area contributed by atoms with Crippen molar-refractivity contribution in [3.05, 3.63) is 35.9 Å². The number of esters is 1. The minimum atomic E-state index is -0.0755. The largest absolute Gasteiger partial charge is 0.469 e. The molecule has 0 unspecified atom stereocenters. The molecule has 3 nitrogen and oxygen atoms in total. The van der Waals surface area contributed by atoms with Crippen LogP contribution in [0, 0.1) is 5.92 Å². The molecule has 1 aromatic rings. The Morgan fingerprint density at radius 3 is 2.78 bits per heavy atom. The second kappa shape index (κ2) is 4.39. The van der Waals surface area contributed by atoms with Crippen molar-refractivity contribution in [2.75, 3.05) is 13.7 Å². The Morgan fingerprint density at radius 2 is 2.11 bits per heavy atom. The van der Waals surface area contributed by atoms with Crippen LogP contribution in [0.2, 0.25) is 0 Å². The maximum atomic E-state index is 11.5. The van der Waals surface area contributed by atoms with E-state index in [1.807, 2.05) is 6.07 Å². The van der Waals surface area contributed by atoms with Crippen molar-refractivity contribution in [3.8, 4) is 0 Å². The molecule has 96 valence electrons. The highest BCUT2D eigenvalue weighted by Gasteiger charge is 2.56. The number of nitrogens with zero attached hydrogens (tertiary/aromatic N) is 1. The molecule has 0 N–H and O–H groups in total. The maximum Gasteiger partial charge on any atom is 0.307 e. The summed E-state index contributed by atoms with van der Waals surface area (Å²) in [6.07, 6.45) is 2.87. The van der Waals surface area contributed by atoms with Crippen LogP contribution in [-0.4, -0.2) is 30.1 Å². The Kier molecular flexibility index (Phi) is 2.86. The first kappa shape index (κ1) is 11.7. The first-order valence-corrected chi connectivity index (χ1v) is 6.58. The summed E-state index contributed by atoms with van der Waals surface area (Å²) in [5, 5.41) is 0. The summed E-state index contributed by atoms with van der Waals surface area (Å²) in [5.41, 5.74) is 1.42. The average Bonchev–Trinajstić information content (AvgIpc) is 2.83. The summed E-state index contributed by atoms with van der Waals surface area (Å²) < 4.78 is 4.83. The van der Waals surface area contributed by atoms with E-state index in [1.54, 1.807) is 0 Å². The number of rotatable bonds is 4. The van der Waals surface area contributed by atoms with E-state index < -0.39 is 0 Å². The SMILES string of the molecule is COC(=O)CC12CC(CN1Cc1ccccc1)C2. The van der Waals surface area contributed by atoms with E-state index in [1.165, 1.54) is 12.7 Å². The van der Waals surface area contributed by atoms with Gasteiger partial charge in [0.1, 0.15) is 0 Å². The van der Waals surface area contributed by atoms with E-state index in [0.717, 1.165) is 31.8 Å². The van der Waals surface area contributed by atoms with Crippen molar-refractivity contribution >= 4 is 5.97 Å². The van der Waals surface area contributed by atoms with E-state index in [4.69, 9.17) is 4.74 Å². The fourth-order valence-electron chi connectivity index (χ4n) is 3.54. The van der Waals surface area contributed by atoms with Gasteiger partial charge in [-0.05, 0) is 24.3 Å². The van der Waals surface area contributed by atoms with Crippen LogP contribution in [0.1, 0.15) is 24.8 Å². The highest BCUT2D eigenvalue weighted by molar-refractivity contribution is 5.71. The average molecular weight is 245 g/mol. The third-order valence-corrected chi connectivity index (χ3v) is 4.40. The molecule has 0 aromatic heterocycles. The van der Waals surface area contributed by atoms with Gasteiger partial charge in [0.05, 0.1) is 13.5 Å². The maximum absolute atomic E-state index is 11.5. The van der Waals surface area contributed by atoms with Crippen LogP contribution < -0.4 is 0 Å². The van der Waals surface area contributed by atoms with E-state index in [-0.39, 0.29) is 11.5 Å². The van der Waals surface area contributed by atoms with Gasteiger partial charge in [-0.15, -0.1) is 0 Å². The smallest absolute Gasteiger partial charge is 0.307 e. The van der Waals surface area contributed by atoms with Crippen molar-refractivity contribution in [2.24, 2.45) is 5.92 Å². The summed E-state index contributed by atoms with van der Waals surface area (Å²) >= 11 is 0. The van der Waals surface area contributed by atoms with Crippen LogP contribution in [-0.2, 0) is 16.1 Å². The molecule has 1 aromatic carbocycles. The van der Waals surface area contributed by atoms with Crippen LogP contribution in [0.25, 0.3) is 0 Å². The lowest BCUT2D eigenvalue weighted by Gasteiger charge is -2.41. The van der Waals surface area contributed by atoms with Crippen molar-refractivity contribution in [2.45, 2.75) is 31.3 Å². The summed E-state index contributed by atoms with van der Waals surface area (Å²) in [6, 6.07) is 10.5. The second-order valence-corrected chi connectivity index (χ2v) is 5.62. The molecule has 3 fully saturated rings. The van der Waals surface area contributed by atoms with Gasteiger partial charge in [-0.3, -0.25) is 9.69 Å². The molecule has 4 rings (SSSR count). The second-order valence-electron chi connectivity index (χ2n) is 5.62. The molecule has 18 heavy (non-hydrogen) atoms.